The zero-order chi connectivity index (χ0) is 8.32. The number of carboxylic acid groups (broad SMARTS) is 1. The van der Waals surface area contributed by atoms with Crippen LogP contribution in [0.4, 0.5) is 0 Å². The number of carbonyl (C=O) groups excluding carboxylic acids is 1. The number of carboxylic acids is 1. The minimum atomic E-state index is -1.16. The summed E-state index contributed by atoms with van der Waals surface area (Å²) in [5.41, 5.74) is -1.04. The summed E-state index contributed by atoms with van der Waals surface area (Å²) in [6.45, 7) is 0.446. The van der Waals surface area contributed by atoms with Crippen molar-refractivity contribution in [2.45, 2.75) is 12.8 Å². The average molecular weight is 159 g/mol. The van der Waals surface area contributed by atoms with Crippen LogP contribution in [-0.4, -0.2) is 30.9 Å². The number of ether oxygens (including phenoxy) is 1. The van der Waals surface area contributed by atoms with Crippen molar-refractivity contribution in [1.29, 1.82) is 0 Å². The van der Waals surface area contributed by atoms with Crippen molar-refractivity contribution in [2.75, 3.05) is 19.8 Å². The lowest BCUT2D eigenvalue weighted by atomic mass is 9.81. The van der Waals surface area contributed by atoms with E-state index in [1.54, 1.807) is 0 Å². The Bertz CT molecular complexity index is 149. The molecule has 11 heavy (non-hydrogen) atoms. The topological polar surface area (TPSA) is 69.6 Å². The summed E-state index contributed by atoms with van der Waals surface area (Å²) in [4.78, 5) is 10.6. The van der Waals surface area contributed by atoms with E-state index in [0.717, 1.165) is 0 Å². The molecule has 0 aromatic rings. The first-order valence-corrected chi connectivity index (χ1v) is 3.61. The van der Waals surface area contributed by atoms with Crippen molar-refractivity contribution in [3.63, 3.8) is 0 Å². The second kappa shape index (κ2) is 3.19. The Morgan fingerprint density at radius 1 is 1.55 bits per heavy atom. The van der Waals surface area contributed by atoms with Gasteiger partial charge in [-0.25, -0.2) is 0 Å². The maximum Gasteiger partial charge on any atom is 0.0541 e. The number of carbonyl (C=O) groups is 1. The predicted molar refractivity (Wildman–Crippen MR) is 34.6 cm³/mol. The molecule has 4 nitrogen and oxygen atoms in total. The van der Waals surface area contributed by atoms with Gasteiger partial charge in [-0.05, 0) is 12.8 Å². The number of hydrogen-bond acceptors (Lipinski definition) is 4. The summed E-state index contributed by atoms with van der Waals surface area (Å²) in [5.74, 6) is -1.16. The molecule has 0 bridgehead atoms. The molecule has 1 heterocycles. The lowest BCUT2D eigenvalue weighted by Crippen LogP contribution is -2.48. The van der Waals surface area contributed by atoms with Gasteiger partial charge >= 0.3 is 0 Å². The van der Waals surface area contributed by atoms with E-state index in [0.29, 0.717) is 26.1 Å². The maximum atomic E-state index is 10.6. The fourth-order valence-corrected chi connectivity index (χ4v) is 1.19. The first-order chi connectivity index (χ1) is 5.21. The zero-order valence-electron chi connectivity index (χ0n) is 6.21. The van der Waals surface area contributed by atoms with Crippen LogP contribution in [0.15, 0.2) is 0 Å². The van der Waals surface area contributed by atoms with Gasteiger partial charge in [-0.1, -0.05) is 0 Å². The minimum Gasteiger partial charge on any atom is -0.549 e. The number of aliphatic carboxylic acids is 1. The van der Waals surface area contributed by atoms with Gasteiger partial charge in [-0.2, -0.15) is 0 Å². The molecule has 0 atom stereocenters. The largest absolute Gasteiger partial charge is 0.549 e. The molecule has 1 rings (SSSR count). The highest BCUT2D eigenvalue weighted by Crippen LogP contribution is 2.28. The van der Waals surface area contributed by atoms with Crippen molar-refractivity contribution < 1.29 is 19.7 Å². The number of rotatable bonds is 2. The molecule has 64 valence electrons. The molecule has 0 unspecified atom stereocenters. The molecule has 4 heteroatoms. The summed E-state index contributed by atoms with van der Waals surface area (Å²) in [7, 11) is 0. The summed E-state index contributed by atoms with van der Waals surface area (Å²) in [6, 6.07) is 0. The molecule has 1 saturated heterocycles. The normalized spacial score (nSPS) is 23.0. The van der Waals surface area contributed by atoms with Gasteiger partial charge in [0.2, 0.25) is 0 Å². The summed E-state index contributed by atoms with van der Waals surface area (Å²) < 4.78 is 4.97. The van der Waals surface area contributed by atoms with E-state index >= 15 is 0 Å². The lowest BCUT2D eigenvalue weighted by Gasteiger charge is -2.36. The van der Waals surface area contributed by atoms with Gasteiger partial charge < -0.3 is 19.7 Å². The van der Waals surface area contributed by atoms with Gasteiger partial charge in [0.15, 0.2) is 0 Å². The van der Waals surface area contributed by atoms with Crippen LogP contribution in [-0.2, 0) is 9.53 Å². The number of aliphatic hydroxyl groups is 1. The Hall–Kier alpha value is -0.610. The quantitative estimate of drug-likeness (QED) is 0.533. The number of aliphatic hydroxyl groups excluding tert-OH is 1. The minimum absolute atomic E-state index is 0.349. The zero-order valence-corrected chi connectivity index (χ0v) is 6.21. The van der Waals surface area contributed by atoms with Crippen LogP contribution in [0.2, 0.25) is 0 Å². The summed E-state index contributed by atoms with van der Waals surface area (Å²) in [5, 5.41) is 19.4. The Morgan fingerprint density at radius 3 is 2.36 bits per heavy atom. The maximum absolute atomic E-state index is 10.6. The van der Waals surface area contributed by atoms with Crippen LogP contribution in [0.1, 0.15) is 12.8 Å². The molecule has 1 fully saturated rings. The van der Waals surface area contributed by atoms with Gasteiger partial charge in [-0.3, -0.25) is 0 Å². The van der Waals surface area contributed by atoms with Gasteiger partial charge in [0.25, 0.3) is 0 Å². The second-order valence-electron chi connectivity index (χ2n) is 2.84. The van der Waals surface area contributed by atoms with E-state index in [1.165, 1.54) is 0 Å². The summed E-state index contributed by atoms with van der Waals surface area (Å²) >= 11 is 0. The Labute approximate surface area is 64.8 Å². The Morgan fingerprint density at radius 2 is 2.09 bits per heavy atom. The molecule has 0 aromatic carbocycles. The number of hydrogen-bond donors (Lipinski definition) is 1. The monoisotopic (exact) mass is 159 g/mol. The van der Waals surface area contributed by atoms with Gasteiger partial charge in [0, 0.05) is 18.6 Å². The first kappa shape index (κ1) is 8.49. The van der Waals surface area contributed by atoms with Crippen molar-refractivity contribution in [3.05, 3.63) is 0 Å². The van der Waals surface area contributed by atoms with E-state index in [9.17, 15) is 9.90 Å². The highest BCUT2D eigenvalue weighted by molar-refractivity contribution is 5.72. The van der Waals surface area contributed by atoms with E-state index in [2.05, 4.69) is 0 Å². The van der Waals surface area contributed by atoms with Gasteiger partial charge in [-0.15, -0.1) is 0 Å². The molecule has 0 radical (unpaired) electrons. The van der Waals surface area contributed by atoms with Crippen LogP contribution in [0, 0.1) is 5.41 Å². The van der Waals surface area contributed by atoms with E-state index in [1.807, 2.05) is 0 Å². The van der Waals surface area contributed by atoms with Gasteiger partial charge in [0.05, 0.1) is 12.6 Å². The molecule has 0 aliphatic carbocycles. The van der Waals surface area contributed by atoms with Crippen molar-refractivity contribution in [2.24, 2.45) is 5.41 Å². The van der Waals surface area contributed by atoms with Crippen LogP contribution in [0.25, 0.3) is 0 Å². The van der Waals surface area contributed by atoms with Crippen LogP contribution in [0.3, 0.4) is 0 Å². The predicted octanol–water partition coefficient (Wildman–Crippen LogP) is -1.47. The van der Waals surface area contributed by atoms with E-state index in [-0.39, 0.29) is 6.61 Å². The van der Waals surface area contributed by atoms with E-state index < -0.39 is 11.4 Å². The Balaban J connectivity index is 2.64. The highest BCUT2D eigenvalue weighted by Gasteiger charge is 2.33. The standard InChI is InChI=1S/C7H12O4/c8-5-7(6(9)10)1-3-11-4-2-7/h8H,1-5H2,(H,9,10)/p-1. The average Bonchev–Trinajstić information content (AvgIpc) is 2.05. The van der Waals surface area contributed by atoms with Crippen molar-refractivity contribution >= 4 is 5.97 Å². The van der Waals surface area contributed by atoms with Crippen LogP contribution >= 0.6 is 0 Å². The fraction of sp³-hybridized carbons (Fsp3) is 0.857. The van der Waals surface area contributed by atoms with Gasteiger partial charge in [0.1, 0.15) is 0 Å². The summed E-state index contributed by atoms with van der Waals surface area (Å²) in [6.07, 6.45) is 0.706. The van der Waals surface area contributed by atoms with Crippen molar-refractivity contribution in [1.82, 2.24) is 0 Å². The third-order valence-electron chi connectivity index (χ3n) is 2.19. The van der Waals surface area contributed by atoms with Crippen molar-refractivity contribution in [3.8, 4) is 0 Å². The molecule has 0 amide bonds. The van der Waals surface area contributed by atoms with E-state index in [4.69, 9.17) is 9.84 Å². The molecule has 0 aromatic heterocycles. The lowest BCUT2D eigenvalue weighted by molar-refractivity contribution is -0.324. The Kier molecular flexibility index (Phi) is 2.46. The molecule has 1 aliphatic rings. The third-order valence-corrected chi connectivity index (χ3v) is 2.19. The smallest absolute Gasteiger partial charge is 0.0541 e. The molecule has 1 aliphatic heterocycles. The fourth-order valence-electron chi connectivity index (χ4n) is 1.19. The third kappa shape index (κ3) is 1.52. The molecular weight excluding hydrogens is 148 g/mol. The SMILES string of the molecule is O=C([O-])C1(CO)CCOCC1. The highest BCUT2D eigenvalue weighted by atomic mass is 16.5. The molecule has 1 N–H and O–H groups in total. The first-order valence-electron chi connectivity index (χ1n) is 3.61. The molecule has 0 spiro atoms. The molecular formula is C7H11O4-. The molecule has 0 saturated carbocycles. The van der Waals surface area contributed by atoms with Crippen LogP contribution < -0.4 is 5.11 Å². The second-order valence-corrected chi connectivity index (χ2v) is 2.84. The van der Waals surface area contributed by atoms with Crippen LogP contribution in [0.5, 0.6) is 0 Å².